The van der Waals surface area contributed by atoms with Crippen molar-refractivity contribution in [1.29, 1.82) is 0 Å². The van der Waals surface area contributed by atoms with E-state index >= 15 is 0 Å². The van der Waals surface area contributed by atoms with E-state index in [0.29, 0.717) is 11.0 Å². The first-order chi connectivity index (χ1) is 9.16. The Labute approximate surface area is 127 Å². The van der Waals surface area contributed by atoms with Gasteiger partial charge < -0.3 is 4.74 Å². The van der Waals surface area contributed by atoms with Crippen LogP contribution in [-0.2, 0) is 5.41 Å². The molecule has 0 spiro atoms. The number of aryl methyl sites for hydroxylation is 1. The molecule has 1 aromatic carbocycles. The minimum absolute atomic E-state index is 0.0424. The van der Waals surface area contributed by atoms with Crippen molar-refractivity contribution < 1.29 is 9.53 Å². The third-order valence-corrected chi connectivity index (χ3v) is 4.30. The van der Waals surface area contributed by atoms with Crippen LogP contribution in [0.5, 0.6) is 5.75 Å². The lowest BCUT2D eigenvalue weighted by Gasteiger charge is -2.23. The Kier molecular flexibility index (Phi) is 5.69. The van der Waals surface area contributed by atoms with Gasteiger partial charge in [0.1, 0.15) is 5.75 Å². The molecule has 0 N–H and O–H groups in total. The van der Waals surface area contributed by atoms with E-state index in [2.05, 4.69) is 34.6 Å². The van der Waals surface area contributed by atoms with Crippen molar-refractivity contribution in [2.24, 2.45) is 0 Å². The number of ether oxygens (including phenoxy) is 1. The zero-order valence-corrected chi connectivity index (χ0v) is 14.5. The molecule has 0 radical (unpaired) electrons. The summed E-state index contributed by atoms with van der Waals surface area (Å²) in [6.07, 6.45) is 0. The van der Waals surface area contributed by atoms with E-state index in [4.69, 9.17) is 4.74 Å². The molecule has 0 amide bonds. The SMILES string of the molecule is COc1cc(C)c(C(=O)CSC(C)C)cc1C(C)(C)C. The average molecular weight is 294 g/mol. The summed E-state index contributed by atoms with van der Waals surface area (Å²) in [6, 6.07) is 3.99. The maximum Gasteiger partial charge on any atom is 0.173 e. The van der Waals surface area contributed by atoms with Crippen LogP contribution >= 0.6 is 11.8 Å². The maximum absolute atomic E-state index is 12.4. The van der Waals surface area contributed by atoms with Crippen molar-refractivity contribution in [1.82, 2.24) is 0 Å². The summed E-state index contributed by atoms with van der Waals surface area (Å²) in [5.41, 5.74) is 2.86. The van der Waals surface area contributed by atoms with Crippen molar-refractivity contribution in [2.45, 2.75) is 52.2 Å². The number of ketones is 1. The van der Waals surface area contributed by atoms with E-state index < -0.39 is 0 Å². The predicted molar refractivity (Wildman–Crippen MR) is 88.4 cm³/mol. The lowest BCUT2D eigenvalue weighted by Crippen LogP contribution is -2.16. The van der Waals surface area contributed by atoms with E-state index in [-0.39, 0.29) is 11.2 Å². The standard InChI is InChI=1S/C17H26O2S/c1-11(2)20-10-15(18)13-9-14(17(4,5)6)16(19-7)8-12(13)3/h8-9,11H,10H2,1-7H3. The Morgan fingerprint density at radius 1 is 1.30 bits per heavy atom. The van der Waals surface area contributed by atoms with Crippen molar-refractivity contribution in [3.63, 3.8) is 0 Å². The number of hydrogen-bond donors (Lipinski definition) is 0. The summed E-state index contributed by atoms with van der Waals surface area (Å²) in [5, 5.41) is 0.472. The van der Waals surface area contributed by atoms with E-state index in [1.165, 1.54) is 0 Å². The second kappa shape index (κ2) is 6.66. The Morgan fingerprint density at radius 3 is 2.35 bits per heavy atom. The lowest BCUT2D eigenvalue weighted by molar-refractivity contribution is 0.102. The highest BCUT2D eigenvalue weighted by molar-refractivity contribution is 8.00. The number of carbonyl (C=O) groups is 1. The summed E-state index contributed by atoms with van der Waals surface area (Å²) in [6.45, 7) is 12.6. The van der Waals surface area contributed by atoms with Gasteiger partial charge in [0.25, 0.3) is 0 Å². The molecule has 0 heterocycles. The molecule has 0 fully saturated rings. The Morgan fingerprint density at radius 2 is 1.90 bits per heavy atom. The molecule has 0 saturated heterocycles. The number of thioether (sulfide) groups is 1. The van der Waals surface area contributed by atoms with Gasteiger partial charge in [0.2, 0.25) is 0 Å². The van der Waals surface area contributed by atoms with E-state index in [1.54, 1.807) is 18.9 Å². The van der Waals surface area contributed by atoms with Crippen molar-refractivity contribution >= 4 is 17.5 Å². The zero-order chi connectivity index (χ0) is 15.5. The highest BCUT2D eigenvalue weighted by Gasteiger charge is 2.22. The Hall–Kier alpha value is -0.960. The van der Waals surface area contributed by atoms with Gasteiger partial charge in [-0.25, -0.2) is 0 Å². The first kappa shape index (κ1) is 17.1. The number of Topliss-reactive ketones (excluding diaryl/α,β-unsaturated/α-hetero) is 1. The number of hydrogen-bond acceptors (Lipinski definition) is 3. The highest BCUT2D eigenvalue weighted by Crippen LogP contribution is 2.34. The maximum atomic E-state index is 12.4. The quantitative estimate of drug-likeness (QED) is 0.741. The van der Waals surface area contributed by atoms with Crippen LogP contribution in [0.15, 0.2) is 12.1 Å². The van der Waals surface area contributed by atoms with Gasteiger partial charge in [-0.05, 0) is 35.3 Å². The summed E-state index contributed by atoms with van der Waals surface area (Å²) in [4.78, 5) is 12.4. The van der Waals surface area contributed by atoms with Crippen LogP contribution in [0.2, 0.25) is 0 Å². The topological polar surface area (TPSA) is 26.3 Å². The van der Waals surface area contributed by atoms with Crippen LogP contribution in [0.3, 0.4) is 0 Å². The van der Waals surface area contributed by atoms with Crippen LogP contribution < -0.4 is 4.74 Å². The van der Waals surface area contributed by atoms with Crippen LogP contribution in [0.1, 0.15) is 56.1 Å². The molecule has 0 atom stereocenters. The second-order valence-corrected chi connectivity index (χ2v) is 7.97. The summed E-state index contributed by atoms with van der Waals surface area (Å²) < 4.78 is 5.47. The van der Waals surface area contributed by atoms with Crippen LogP contribution in [0, 0.1) is 6.92 Å². The molecule has 1 aromatic rings. The average Bonchev–Trinajstić information content (AvgIpc) is 2.33. The smallest absolute Gasteiger partial charge is 0.173 e. The monoisotopic (exact) mass is 294 g/mol. The van der Waals surface area contributed by atoms with Gasteiger partial charge in [-0.15, -0.1) is 0 Å². The molecule has 112 valence electrons. The fourth-order valence-corrected chi connectivity index (χ4v) is 2.70. The fraction of sp³-hybridized carbons (Fsp3) is 0.588. The molecule has 0 bridgehead atoms. The molecule has 0 unspecified atom stereocenters. The summed E-state index contributed by atoms with van der Waals surface area (Å²) >= 11 is 1.69. The third kappa shape index (κ3) is 4.27. The van der Waals surface area contributed by atoms with Crippen LogP contribution in [0.25, 0.3) is 0 Å². The third-order valence-electron chi connectivity index (χ3n) is 3.20. The number of methoxy groups -OCH3 is 1. The lowest BCUT2D eigenvalue weighted by atomic mass is 9.84. The molecule has 3 heteroatoms. The molecular weight excluding hydrogens is 268 g/mol. The zero-order valence-electron chi connectivity index (χ0n) is 13.7. The number of rotatable bonds is 5. The van der Waals surface area contributed by atoms with Crippen molar-refractivity contribution in [2.75, 3.05) is 12.9 Å². The molecule has 0 aliphatic heterocycles. The van der Waals surface area contributed by atoms with Gasteiger partial charge in [0.15, 0.2) is 5.78 Å². The number of carbonyl (C=O) groups excluding carboxylic acids is 1. The van der Waals surface area contributed by atoms with E-state index in [1.807, 2.05) is 19.1 Å². The van der Waals surface area contributed by atoms with Gasteiger partial charge >= 0.3 is 0 Å². The van der Waals surface area contributed by atoms with Crippen LogP contribution in [0.4, 0.5) is 0 Å². The molecule has 1 rings (SSSR count). The highest BCUT2D eigenvalue weighted by atomic mass is 32.2. The van der Waals surface area contributed by atoms with E-state index in [0.717, 1.165) is 22.4 Å². The minimum Gasteiger partial charge on any atom is -0.496 e. The molecule has 0 aliphatic rings. The van der Waals surface area contributed by atoms with Gasteiger partial charge in [-0.3, -0.25) is 4.79 Å². The molecule has 20 heavy (non-hydrogen) atoms. The Bertz CT molecular complexity index is 484. The summed E-state index contributed by atoms with van der Waals surface area (Å²) in [5.74, 6) is 1.60. The van der Waals surface area contributed by atoms with Crippen LogP contribution in [-0.4, -0.2) is 23.9 Å². The largest absolute Gasteiger partial charge is 0.496 e. The van der Waals surface area contributed by atoms with Crippen molar-refractivity contribution in [3.05, 3.63) is 28.8 Å². The van der Waals surface area contributed by atoms with Gasteiger partial charge in [-0.1, -0.05) is 34.6 Å². The minimum atomic E-state index is -0.0424. The summed E-state index contributed by atoms with van der Waals surface area (Å²) in [7, 11) is 1.68. The van der Waals surface area contributed by atoms with Gasteiger partial charge in [-0.2, -0.15) is 11.8 Å². The van der Waals surface area contributed by atoms with Gasteiger partial charge in [0.05, 0.1) is 12.9 Å². The first-order valence-corrected chi connectivity index (χ1v) is 8.05. The normalized spacial score (nSPS) is 11.8. The predicted octanol–water partition coefficient (Wildman–Crippen LogP) is 4.63. The molecule has 0 aromatic heterocycles. The molecular formula is C17H26O2S. The Balaban J connectivity index is 3.18. The number of benzene rings is 1. The van der Waals surface area contributed by atoms with E-state index in [9.17, 15) is 4.79 Å². The first-order valence-electron chi connectivity index (χ1n) is 7.00. The molecule has 0 aliphatic carbocycles. The van der Waals surface area contributed by atoms with Crippen molar-refractivity contribution in [3.8, 4) is 5.75 Å². The fourth-order valence-electron chi connectivity index (χ4n) is 2.06. The molecule has 2 nitrogen and oxygen atoms in total. The second-order valence-electron chi connectivity index (χ2n) is 6.40. The van der Waals surface area contributed by atoms with Gasteiger partial charge in [0, 0.05) is 11.1 Å². The molecule has 0 saturated carbocycles.